The van der Waals surface area contributed by atoms with E-state index in [0.29, 0.717) is 5.92 Å². The smallest absolute Gasteiger partial charge is 0.135 e. The summed E-state index contributed by atoms with van der Waals surface area (Å²) in [7, 11) is 0.750. The monoisotopic (exact) mass is 528 g/mol. The van der Waals surface area contributed by atoms with Gasteiger partial charge in [-0.15, -0.1) is 24.8 Å². The summed E-state index contributed by atoms with van der Waals surface area (Å²) in [5.41, 5.74) is 5.22. The van der Waals surface area contributed by atoms with Crippen LogP contribution in [0.1, 0.15) is 28.2 Å². The molecule has 2 bridgehead atoms. The summed E-state index contributed by atoms with van der Waals surface area (Å²) in [6.45, 7) is 6.56. The van der Waals surface area contributed by atoms with Crippen LogP contribution in [-0.2, 0) is 21.7 Å². The zero-order chi connectivity index (χ0) is 21.2. The number of aryl methyl sites for hydroxylation is 1. The average molecular weight is 529 g/mol. The Kier molecular flexibility index (Phi) is 15.8. The molecule has 2 aliphatic rings. The minimum absolute atomic E-state index is 0. The second-order valence-electron chi connectivity index (χ2n) is 7.19. The largest absolute Gasteiger partial charge is 0.457 e. The summed E-state index contributed by atoms with van der Waals surface area (Å²) in [5, 5.41) is 0. The molecule has 0 aliphatic heterocycles. The Morgan fingerprint density at radius 3 is 1.61 bits per heavy atom. The third-order valence-electron chi connectivity index (χ3n) is 4.62. The second-order valence-corrected chi connectivity index (χ2v) is 8.34. The number of rotatable bonds is 3. The Bertz CT molecular complexity index is 980. The molecule has 0 atom stereocenters. The molecule has 171 valence electrons. The van der Waals surface area contributed by atoms with Crippen LogP contribution in [0.25, 0.3) is 0 Å². The van der Waals surface area contributed by atoms with Crippen LogP contribution in [0.5, 0.6) is 11.5 Å². The molecule has 0 fully saturated rings. The van der Waals surface area contributed by atoms with Crippen molar-refractivity contribution in [1.29, 1.82) is 0 Å². The van der Waals surface area contributed by atoms with Crippen molar-refractivity contribution in [2.24, 2.45) is 0 Å². The van der Waals surface area contributed by atoms with Crippen molar-refractivity contribution in [2.45, 2.75) is 25.9 Å². The Labute approximate surface area is 228 Å². The van der Waals surface area contributed by atoms with Crippen LogP contribution >= 0.6 is 24.8 Å². The summed E-state index contributed by atoms with van der Waals surface area (Å²) < 4.78 is 6.08. The molecule has 0 heterocycles. The standard InChI is InChI=1S/C20H16O.C6H5.C2H7Si.2ClH.Ti/c1-14-12-17-19(15-8-4-2-5-9-15)18(13-14)20(17)21-16-10-6-3-7-11-16;1-2-4-6-5-3-1;1-3-2;;;/h2-13,19H,1H3;1-5H;3H,1-2H3;2*1H;/q;-1;;;;. The van der Waals surface area contributed by atoms with Crippen molar-refractivity contribution in [3.63, 3.8) is 0 Å². The van der Waals surface area contributed by atoms with Gasteiger partial charge in [-0.3, -0.25) is 0 Å². The van der Waals surface area contributed by atoms with Gasteiger partial charge in [-0.25, -0.2) is 0 Å². The van der Waals surface area contributed by atoms with E-state index in [0.717, 1.165) is 21.0 Å². The van der Waals surface area contributed by atoms with Crippen molar-refractivity contribution < 1.29 is 26.5 Å². The van der Waals surface area contributed by atoms with E-state index in [9.17, 15) is 0 Å². The van der Waals surface area contributed by atoms with E-state index < -0.39 is 0 Å². The second kappa shape index (κ2) is 16.7. The van der Waals surface area contributed by atoms with Crippen molar-refractivity contribution in [2.75, 3.05) is 0 Å². The Morgan fingerprint density at radius 1 is 0.727 bits per heavy atom. The van der Waals surface area contributed by atoms with Gasteiger partial charge in [0.2, 0.25) is 0 Å². The third-order valence-corrected chi connectivity index (χ3v) is 4.62. The number of halogens is 2. The zero-order valence-corrected chi connectivity index (χ0v) is 23.5. The third kappa shape index (κ3) is 8.81. The predicted octanol–water partition coefficient (Wildman–Crippen LogP) is 8.13. The van der Waals surface area contributed by atoms with E-state index >= 15 is 0 Å². The molecule has 0 saturated heterocycles. The molecule has 0 saturated carbocycles. The van der Waals surface area contributed by atoms with Gasteiger partial charge in [-0.1, -0.05) is 79.3 Å². The maximum absolute atomic E-state index is 6.08. The van der Waals surface area contributed by atoms with Gasteiger partial charge in [-0.05, 0) is 24.6 Å². The molecule has 4 aromatic carbocycles. The molecule has 0 unspecified atom stereocenters. The predicted molar refractivity (Wildman–Crippen MR) is 144 cm³/mol. The van der Waals surface area contributed by atoms with Gasteiger partial charge in [0, 0.05) is 48.3 Å². The van der Waals surface area contributed by atoms with Gasteiger partial charge < -0.3 is 4.74 Å². The maximum atomic E-state index is 6.08. The molecule has 1 radical (unpaired) electrons. The first-order valence-electron chi connectivity index (χ1n) is 10.3. The van der Waals surface area contributed by atoms with Gasteiger partial charge in [-0.2, -0.15) is 36.4 Å². The summed E-state index contributed by atoms with van der Waals surface area (Å²) in [6, 6.07) is 37.6. The quantitative estimate of drug-likeness (QED) is 0.169. The van der Waals surface area contributed by atoms with Gasteiger partial charge in [0.05, 0.1) is 0 Å². The van der Waals surface area contributed by atoms with Crippen LogP contribution in [-0.4, -0.2) is 9.52 Å². The number of fused-ring (bicyclic) bond motifs is 2. The minimum Gasteiger partial charge on any atom is -0.457 e. The number of hydrogen-bond acceptors (Lipinski definition) is 1. The molecule has 0 aromatic heterocycles. The number of para-hydroxylation sites is 1. The first-order valence-corrected chi connectivity index (χ1v) is 12.6. The Hall–Kier alpha value is -1.81. The topological polar surface area (TPSA) is 9.23 Å². The van der Waals surface area contributed by atoms with Crippen LogP contribution < -0.4 is 4.74 Å². The number of hydrogen-bond donors (Lipinski definition) is 0. The molecule has 0 spiro atoms. The van der Waals surface area contributed by atoms with E-state index in [1.54, 1.807) is 0 Å². The van der Waals surface area contributed by atoms with Crippen molar-refractivity contribution >= 4 is 34.3 Å². The number of ether oxygens (including phenoxy) is 1. The summed E-state index contributed by atoms with van der Waals surface area (Å²) in [4.78, 5) is 0. The van der Waals surface area contributed by atoms with E-state index in [2.05, 4.69) is 68.5 Å². The van der Waals surface area contributed by atoms with E-state index in [1.807, 2.05) is 60.7 Å². The molecule has 33 heavy (non-hydrogen) atoms. The van der Waals surface area contributed by atoms with Crippen LogP contribution in [0.4, 0.5) is 0 Å². The van der Waals surface area contributed by atoms with Crippen LogP contribution in [0, 0.1) is 13.0 Å². The van der Waals surface area contributed by atoms with Gasteiger partial charge >= 0.3 is 0 Å². The molecule has 2 aliphatic carbocycles. The van der Waals surface area contributed by atoms with E-state index in [1.165, 1.54) is 22.3 Å². The molecule has 6 rings (SSSR count). The fourth-order valence-electron chi connectivity index (χ4n) is 3.42. The Morgan fingerprint density at radius 2 is 1.18 bits per heavy atom. The molecular formula is C28H30Cl2OSiTi-. The van der Waals surface area contributed by atoms with Gasteiger partial charge in [0.25, 0.3) is 0 Å². The van der Waals surface area contributed by atoms with Gasteiger partial charge in [0.15, 0.2) is 0 Å². The van der Waals surface area contributed by atoms with Crippen molar-refractivity contribution in [1.82, 2.24) is 0 Å². The molecule has 0 amide bonds. The van der Waals surface area contributed by atoms with Gasteiger partial charge in [0.1, 0.15) is 11.5 Å². The molecule has 4 aromatic rings. The van der Waals surface area contributed by atoms with Crippen LogP contribution in [0.3, 0.4) is 0 Å². The maximum Gasteiger partial charge on any atom is 0.135 e. The zero-order valence-electron chi connectivity index (χ0n) is 19.2. The first kappa shape index (κ1) is 31.2. The summed E-state index contributed by atoms with van der Waals surface area (Å²) in [5.74, 6) is 2.30. The fraction of sp³-hybridized carbons (Fsp3) is 0.143. The van der Waals surface area contributed by atoms with Crippen LogP contribution in [0.15, 0.2) is 103 Å². The fourth-order valence-corrected chi connectivity index (χ4v) is 3.42. The summed E-state index contributed by atoms with van der Waals surface area (Å²) in [6.07, 6.45) is 0. The molecule has 5 heteroatoms. The van der Waals surface area contributed by atoms with Crippen molar-refractivity contribution in [3.8, 4) is 11.5 Å². The normalized spacial score (nSPS) is 10.2. The average Bonchev–Trinajstić information content (AvgIpc) is 2.80. The Balaban J connectivity index is 0.000000732. The SMILES string of the molecule is C[SiH]C.Cc1cc2c(Oc3ccccc3)c(c1)C2c1ccccc1.Cl.Cl.[Ti].[c-]1ccccc1. The van der Waals surface area contributed by atoms with E-state index in [-0.39, 0.29) is 46.5 Å². The first-order chi connectivity index (χ1) is 14.7. The molecule has 0 N–H and O–H groups in total. The number of benzene rings is 4. The van der Waals surface area contributed by atoms with E-state index in [4.69, 9.17) is 4.74 Å². The minimum atomic E-state index is 0. The molecular weight excluding hydrogens is 499 g/mol. The van der Waals surface area contributed by atoms with Crippen LogP contribution in [0.2, 0.25) is 13.1 Å². The summed E-state index contributed by atoms with van der Waals surface area (Å²) >= 11 is 0. The molecule has 1 nitrogen and oxygen atoms in total. The van der Waals surface area contributed by atoms with Crippen molar-refractivity contribution in [3.05, 3.63) is 131 Å².